The smallest absolute Gasteiger partial charge is 0.161 e. The molecular weight excluding hydrogens is 275 g/mol. The van der Waals surface area contributed by atoms with Gasteiger partial charge < -0.3 is 5.32 Å². The van der Waals surface area contributed by atoms with Gasteiger partial charge in [-0.3, -0.25) is 4.99 Å². The Morgan fingerprint density at radius 1 is 1.35 bits per heavy atom. The Labute approximate surface area is 116 Å². The highest BCUT2D eigenvalue weighted by Gasteiger charge is 2.19. The summed E-state index contributed by atoms with van der Waals surface area (Å²) in [5.74, 6) is 0. The lowest BCUT2D eigenvalue weighted by molar-refractivity contribution is 0.661. The van der Waals surface area contributed by atoms with Crippen molar-refractivity contribution in [3.63, 3.8) is 0 Å². The number of anilines is 1. The van der Waals surface area contributed by atoms with Gasteiger partial charge in [-0.25, -0.2) is 0 Å². The minimum Gasteiger partial charge on any atom is -0.334 e. The lowest BCUT2D eigenvalue weighted by Gasteiger charge is -2.23. The van der Waals surface area contributed by atoms with Gasteiger partial charge in [-0.1, -0.05) is 48.0 Å². The van der Waals surface area contributed by atoms with Crippen LogP contribution in [0.15, 0.2) is 23.2 Å². The number of thioether (sulfide) groups is 1. The molecule has 0 aromatic heterocycles. The quantitative estimate of drug-likeness (QED) is 0.812. The molecule has 0 radical (unpaired) electrons. The molecule has 5 heteroatoms. The van der Waals surface area contributed by atoms with Crippen molar-refractivity contribution in [2.24, 2.45) is 4.99 Å². The fourth-order valence-corrected chi connectivity index (χ4v) is 3.29. The van der Waals surface area contributed by atoms with Crippen LogP contribution in [-0.4, -0.2) is 16.5 Å². The molecule has 1 aliphatic heterocycles. The summed E-state index contributed by atoms with van der Waals surface area (Å²) in [7, 11) is 0. The van der Waals surface area contributed by atoms with Crippen LogP contribution in [0.3, 0.4) is 0 Å². The predicted molar refractivity (Wildman–Crippen MR) is 78.7 cm³/mol. The maximum Gasteiger partial charge on any atom is 0.161 e. The van der Waals surface area contributed by atoms with Gasteiger partial charge >= 0.3 is 0 Å². The van der Waals surface area contributed by atoms with E-state index >= 15 is 0 Å². The number of nitrogens with one attached hydrogen (secondary N) is 1. The molecule has 0 spiro atoms. The maximum atomic E-state index is 6.13. The molecule has 0 fully saturated rings. The van der Waals surface area contributed by atoms with Gasteiger partial charge in [0.25, 0.3) is 0 Å². The zero-order chi connectivity index (χ0) is 12.4. The molecule has 2 atom stereocenters. The molecule has 1 aromatic carbocycles. The Morgan fingerprint density at radius 3 is 2.82 bits per heavy atom. The Morgan fingerprint density at radius 2 is 2.12 bits per heavy atom. The molecule has 0 saturated carbocycles. The topological polar surface area (TPSA) is 24.4 Å². The van der Waals surface area contributed by atoms with Crippen molar-refractivity contribution in [2.75, 3.05) is 5.32 Å². The molecule has 2 unspecified atom stereocenters. The van der Waals surface area contributed by atoms with E-state index in [2.05, 4.69) is 24.2 Å². The second kappa shape index (κ2) is 5.51. The van der Waals surface area contributed by atoms with Crippen LogP contribution in [-0.2, 0) is 0 Å². The molecule has 0 bridgehead atoms. The Hall–Kier alpha value is -0.380. The molecule has 1 aliphatic rings. The summed E-state index contributed by atoms with van der Waals surface area (Å²) in [6.07, 6.45) is 1.11. The second-order valence-electron chi connectivity index (χ2n) is 4.17. The maximum absolute atomic E-state index is 6.13. The molecule has 2 nitrogen and oxygen atoms in total. The van der Waals surface area contributed by atoms with Crippen LogP contribution in [0.4, 0.5) is 5.69 Å². The highest BCUT2D eigenvalue weighted by Crippen LogP contribution is 2.32. The first-order valence-electron chi connectivity index (χ1n) is 5.51. The SMILES string of the molecule is CC1CC(C)SC(Nc2cccc(Cl)c2Cl)=N1. The summed E-state index contributed by atoms with van der Waals surface area (Å²) in [6, 6.07) is 5.90. The molecule has 0 aliphatic carbocycles. The molecule has 92 valence electrons. The normalized spacial score (nSPS) is 24.4. The van der Waals surface area contributed by atoms with Gasteiger partial charge in [0.05, 0.1) is 21.8 Å². The lowest BCUT2D eigenvalue weighted by Crippen LogP contribution is -2.22. The fourth-order valence-electron chi connectivity index (χ4n) is 1.78. The highest BCUT2D eigenvalue weighted by molar-refractivity contribution is 8.14. The summed E-state index contributed by atoms with van der Waals surface area (Å²) in [5, 5.41) is 5.84. The van der Waals surface area contributed by atoms with Gasteiger partial charge in [0.15, 0.2) is 5.17 Å². The van der Waals surface area contributed by atoms with Crippen molar-refractivity contribution >= 4 is 45.8 Å². The van der Waals surface area contributed by atoms with Crippen molar-refractivity contribution in [1.82, 2.24) is 0 Å². The first-order chi connectivity index (χ1) is 8.06. The molecule has 2 rings (SSSR count). The highest BCUT2D eigenvalue weighted by atomic mass is 35.5. The van der Waals surface area contributed by atoms with E-state index in [1.54, 1.807) is 17.8 Å². The van der Waals surface area contributed by atoms with E-state index < -0.39 is 0 Å². The summed E-state index contributed by atoms with van der Waals surface area (Å²) in [5.41, 5.74) is 0.812. The zero-order valence-corrected chi connectivity index (χ0v) is 12.0. The minimum absolute atomic E-state index is 0.353. The number of halogens is 2. The van der Waals surface area contributed by atoms with Crippen LogP contribution in [0.1, 0.15) is 20.3 Å². The number of rotatable bonds is 1. The standard InChI is InChI=1S/C12H14Cl2N2S/c1-7-6-8(2)17-12(15-7)16-10-5-3-4-9(13)11(10)14/h3-5,7-8H,6H2,1-2H3,(H,15,16). The van der Waals surface area contributed by atoms with E-state index in [-0.39, 0.29) is 0 Å². The monoisotopic (exact) mass is 288 g/mol. The van der Waals surface area contributed by atoms with Gasteiger partial charge in [-0.15, -0.1) is 0 Å². The molecule has 1 N–H and O–H groups in total. The van der Waals surface area contributed by atoms with Gasteiger partial charge in [0, 0.05) is 5.25 Å². The van der Waals surface area contributed by atoms with E-state index in [4.69, 9.17) is 23.2 Å². The summed E-state index contributed by atoms with van der Waals surface area (Å²) in [6.45, 7) is 4.33. The third kappa shape index (κ3) is 3.30. The fraction of sp³-hybridized carbons (Fsp3) is 0.417. The van der Waals surface area contributed by atoms with Gasteiger partial charge in [-0.05, 0) is 25.5 Å². The van der Waals surface area contributed by atoms with Crippen molar-refractivity contribution in [3.8, 4) is 0 Å². The van der Waals surface area contributed by atoms with Gasteiger partial charge in [0.2, 0.25) is 0 Å². The molecule has 17 heavy (non-hydrogen) atoms. The van der Waals surface area contributed by atoms with Crippen molar-refractivity contribution in [3.05, 3.63) is 28.2 Å². The van der Waals surface area contributed by atoms with Crippen molar-refractivity contribution in [1.29, 1.82) is 0 Å². The molecule has 0 amide bonds. The Balaban J connectivity index is 2.18. The van der Waals surface area contributed by atoms with E-state index in [0.717, 1.165) is 17.3 Å². The van der Waals surface area contributed by atoms with Crippen LogP contribution in [0, 0.1) is 0 Å². The van der Waals surface area contributed by atoms with Crippen LogP contribution in [0.2, 0.25) is 10.0 Å². The van der Waals surface area contributed by atoms with E-state index in [0.29, 0.717) is 21.3 Å². The number of hydrogen-bond donors (Lipinski definition) is 1. The van der Waals surface area contributed by atoms with Crippen molar-refractivity contribution < 1.29 is 0 Å². The van der Waals surface area contributed by atoms with Gasteiger partial charge in [-0.2, -0.15) is 0 Å². The van der Waals surface area contributed by atoms with E-state index in [9.17, 15) is 0 Å². The first kappa shape index (κ1) is 13.1. The number of nitrogens with zero attached hydrogens (tertiary/aromatic N) is 1. The average molecular weight is 289 g/mol. The van der Waals surface area contributed by atoms with E-state index in [1.807, 2.05) is 12.1 Å². The third-order valence-electron chi connectivity index (χ3n) is 2.52. The van der Waals surface area contributed by atoms with E-state index in [1.165, 1.54) is 0 Å². The number of amidine groups is 1. The summed E-state index contributed by atoms with van der Waals surface area (Å²) in [4.78, 5) is 4.57. The van der Waals surface area contributed by atoms with Crippen molar-refractivity contribution in [2.45, 2.75) is 31.6 Å². The van der Waals surface area contributed by atoms with Gasteiger partial charge in [0.1, 0.15) is 0 Å². The number of benzene rings is 1. The molecule has 0 saturated heterocycles. The molecular formula is C12H14Cl2N2S. The largest absolute Gasteiger partial charge is 0.334 e. The average Bonchev–Trinajstić information content (AvgIpc) is 2.23. The summed E-state index contributed by atoms with van der Waals surface area (Å²) >= 11 is 13.8. The number of hydrogen-bond acceptors (Lipinski definition) is 3. The third-order valence-corrected chi connectivity index (χ3v) is 4.36. The Bertz CT molecular complexity index is 448. The second-order valence-corrected chi connectivity index (χ2v) is 6.39. The first-order valence-corrected chi connectivity index (χ1v) is 7.15. The summed E-state index contributed by atoms with van der Waals surface area (Å²) < 4.78 is 0. The molecule has 1 heterocycles. The number of aliphatic imine (C=N–C) groups is 1. The minimum atomic E-state index is 0.353. The van der Waals surface area contributed by atoms with Crippen LogP contribution in [0.25, 0.3) is 0 Å². The van der Waals surface area contributed by atoms with Crippen LogP contribution in [0.5, 0.6) is 0 Å². The lowest BCUT2D eigenvalue weighted by atomic mass is 10.2. The predicted octanol–water partition coefficient (Wildman–Crippen LogP) is 4.68. The van der Waals surface area contributed by atoms with Crippen LogP contribution < -0.4 is 5.32 Å². The molecule has 1 aromatic rings. The van der Waals surface area contributed by atoms with Crippen LogP contribution >= 0.6 is 35.0 Å². The zero-order valence-electron chi connectivity index (χ0n) is 9.71. The Kier molecular flexibility index (Phi) is 4.23.